The van der Waals surface area contributed by atoms with Crippen LogP contribution in [-0.2, 0) is 0 Å². The highest BCUT2D eigenvalue weighted by Crippen LogP contribution is 2.34. The van der Waals surface area contributed by atoms with Gasteiger partial charge in [-0.05, 0) is 41.6 Å². The third-order valence-corrected chi connectivity index (χ3v) is 5.53. The summed E-state index contributed by atoms with van der Waals surface area (Å²) in [5, 5.41) is 3.16. The lowest BCUT2D eigenvalue weighted by Gasteiger charge is -2.14. The van der Waals surface area contributed by atoms with Crippen LogP contribution in [0.3, 0.4) is 0 Å². The normalized spacial score (nSPS) is 10.8. The molecule has 0 radical (unpaired) electrons. The van der Waals surface area contributed by atoms with Gasteiger partial charge in [-0.25, -0.2) is 0 Å². The van der Waals surface area contributed by atoms with Crippen LogP contribution in [-0.4, -0.2) is 5.78 Å². The summed E-state index contributed by atoms with van der Waals surface area (Å²) < 4.78 is 3.36. The molecular weight excluding hydrogens is 409 g/mol. The Morgan fingerprint density at radius 3 is 2.21 bits per heavy atom. The van der Waals surface area contributed by atoms with E-state index < -0.39 is 0 Å². The van der Waals surface area contributed by atoms with Crippen LogP contribution < -0.4 is 4.72 Å². The van der Waals surface area contributed by atoms with E-state index in [1.807, 2.05) is 78.9 Å². The first-order chi connectivity index (χ1) is 13.6. The summed E-state index contributed by atoms with van der Waals surface area (Å²) in [5.74, 6) is -0.0291. The molecule has 4 aromatic rings. The number of anilines is 1. The molecule has 0 saturated carbocycles. The maximum Gasteiger partial charge on any atom is 0.195 e. The van der Waals surface area contributed by atoms with Gasteiger partial charge in [0.05, 0.1) is 5.69 Å². The standard InChI is InChI=1S/C23H15Cl2NOS/c24-17-12-18(25)14-19(13-17)28-26-22-20-9-5-4-6-15(20)10-11-21(22)23(27)16-7-2-1-3-8-16/h1-14,26H. The first kappa shape index (κ1) is 18.9. The van der Waals surface area contributed by atoms with E-state index in [9.17, 15) is 4.79 Å². The smallest absolute Gasteiger partial charge is 0.195 e. The predicted octanol–water partition coefficient (Wildman–Crippen LogP) is 7.50. The third kappa shape index (κ3) is 4.02. The van der Waals surface area contributed by atoms with Crippen molar-refractivity contribution in [3.05, 3.63) is 106 Å². The minimum Gasteiger partial charge on any atom is -0.324 e. The van der Waals surface area contributed by atoms with Crippen LogP contribution in [0, 0.1) is 0 Å². The maximum absolute atomic E-state index is 13.1. The van der Waals surface area contributed by atoms with Gasteiger partial charge in [0.25, 0.3) is 0 Å². The van der Waals surface area contributed by atoms with Gasteiger partial charge in [0, 0.05) is 31.5 Å². The fourth-order valence-corrected chi connectivity index (χ4v) is 4.48. The average Bonchev–Trinajstić information content (AvgIpc) is 2.71. The molecule has 0 aliphatic heterocycles. The second-order valence-corrected chi connectivity index (χ2v) is 7.97. The van der Waals surface area contributed by atoms with E-state index in [2.05, 4.69) is 4.72 Å². The van der Waals surface area contributed by atoms with Crippen molar-refractivity contribution in [2.75, 3.05) is 4.72 Å². The van der Waals surface area contributed by atoms with Gasteiger partial charge in [0.15, 0.2) is 5.78 Å². The Kier molecular flexibility index (Phi) is 5.58. The summed E-state index contributed by atoms with van der Waals surface area (Å²) in [4.78, 5) is 14.0. The predicted molar refractivity (Wildman–Crippen MR) is 120 cm³/mol. The molecule has 4 rings (SSSR count). The number of nitrogens with one attached hydrogen (secondary N) is 1. The summed E-state index contributed by atoms with van der Waals surface area (Å²) >= 11 is 13.6. The van der Waals surface area contributed by atoms with Crippen LogP contribution in [0.2, 0.25) is 10.0 Å². The van der Waals surface area contributed by atoms with Crippen LogP contribution in [0.15, 0.2) is 89.8 Å². The molecule has 28 heavy (non-hydrogen) atoms. The Bertz CT molecular complexity index is 1140. The Hall–Kier alpha value is -2.46. The third-order valence-electron chi connectivity index (χ3n) is 4.32. The fourth-order valence-electron chi connectivity index (χ4n) is 3.01. The Balaban J connectivity index is 1.77. The minimum absolute atomic E-state index is 0.0291. The number of hydrogen-bond donors (Lipinski definition) is 1. The number of benzene rings is 4. The van der Waals surface area contributed by atoms with Crippen molar-refractivity contribution >= 4 is 57.4 Å². The monoisotopic (exact) mass is 423 g/mol. The number of hydrogen-bond acceptors (Lipinski definition) is 3. The highest BCUT2D eigenvalue weighted by Gasteiger charge is 2.16. The molecule has 0 fully saturated rings. The summed E-state index contributed by atoms with van der Waals surface area (Å²) in [7, 11) is 0. The van der Waals surface area contributed by atoms with Crippen LogP contribution >= 0.6 is 35.1 Å². The zero-order chi connectivity index (χ0) is 19.5. The molecule has 0 aliphatic carbocycles. The van der Waals surface area contributed by atoms with E-state index in [0.717, 1.165) is 21.4 Å². The van der Waals surface area contributed by atoms with Crippen LogP contribution in [0.1, 0.15) is 15.9 Å². The topological polar surface area (TPSA) is 29.1 Å². The van der Waals surface area contributed by atoms with E-state index in [-0.39, 0.29) is 5.78 Å². The number of halogens is 2. The van der Waals surface area contributed by atoms with Gasteiger partial charge in [0.1, 0.15) is 0 Å². The average molecular weight is 424 g/mol. The SMILES string of the molecule is O=C(c1ccccc1)c1ccc2ccccc2c1NSc1cc(Cl)cc(Cl)c1. The van der Waals surface area contributed by atoms with Gasteiger partial charge in [-0.15, -0.1) is 0 Å². The molecule has 0 unspecified atom stereocenters. The number of carbonyl (C=O) groups is 1. The number of ketones is 1. The molecular formula is C23H15Cl2NOS. The summed E-state index contributed by atoms with van der Waals surface area (Å²) in [6.07, 6.45) is 0. The molecule has 0 bridgehead atoms. The molecule has 1 N–H and O–H groups in total. The van der Waals surface area contributed by atoms with Gasteiger partial charge in [-0.2, -0.15) is 0 Å². The summed E-state index contributed by atoms with van der Waals surface area (Å²) in [6.45, 7) is 0. The lowest BCUT2D eigenvalue weighted by molar-refractivity contribution is 0.103. The first-order valence-corrected chi connectivity index (χ1v) is 10.2. The van der Waals surface area contributed by atoms with E-state index in [0.29, 0.717) is 21.2 Å². The van der Waals surface area contributed by atoms with Crippen molar-refractivity contribution in [3.63, 3.8) is 0 Å². The van der Waals surface area contributed by atoms with Gasteiger partial charge in [0.2, 0.25) is 0 Å². The Labute approximate surface area is 177 Å². The summed E-state index contributed by atoms with van der Waals surface area (Å²) in [6, 6.07) is 26.4. The number of carbonyl (C=O) groups excluding carboxylic acids is 1. The van der Waals surface area contributed by atoms with E-state index in [1.54, 1.807) is 6.07 Å². The molecule has 0 atom stereocenters. The van der Waals surface area contributed by atoms with Crippen LogP contribution in [0.5, 0.6) is 0 Å². The lowest BCUT2D eigenvalue weighted by atomic mass is 9.98. The van der Waals surface area contributed by atoms with Crippen LogP contribution in [0.25, 0.3) is 10.8 Å². The van der Waals surface area contributed by atoms with Gasteiger partial charge in [-0.3, -0.25) is 4.79 Å². The van der Waals surface area contributed by atoms with Crippen molar-refractivity contribution in [1.29, 1.82) is 0 Å². The van der Waals surface area contributed by atoms with Crippen molar-refractivity contribution in [2.45, 2.75) is 4.90 Å². The number of rotatable bonds is 5. The molecule has 0 heterocycles. The van der Waals surface area contributed by atoms with E-state index in [4.69, 9.17) is 23.2 Å². The second kappa shape index (κ2) is 8.27. The highest BCUT2D eigenvalue weighted by atomic mass is 35.5. The maximum atomic E-state index is 13.1. The molecule has 0 aliphatic rings. The largest absolute Gasteiger partial charge is 0.324 e. The van der Waals surface area contributed by atoms with Crippen molar-refractivity contribution in [2.24, 2.45) is 0 Å². The molecule has 138 valence electrons. The van der Waals surface area contributed by atoms with Gasteiger partial charge in [-0.1, -0.05) is 83.9 Å². The first-order valence-electron chi connectivity index (χ1n) is 8.62. The summed E-state index contributed by atoms with van der Waals surface area (Å²) in [5.41, 5.74) is 2.04. The van der Waals surface area contributed by atoms with E-state index in [1.165, 1.54) is 11.9 Å². The van der Waals surface area contributed by atoms with E-state index >= 15 is 0 Å². The quantitative estimate of drug-likeness (QED) is 0.266. The molecule has 0 amide bonds. The molecule has 5 heteroatoms. The Morgan fingerprint density at radius 1 is 0.786 bits per heavy atom. The molecule has 2 nitrogen and oxygen atoms in total. The van der Waals surface area contributed by atoms with Gasteiger partial charge < -0.3 is 4.72 Å². The molecule has 0 aromatic heterocycles. The molecule has 4 aromatic carbocycles. The highest BCUT2D eigenvalue weighted by molar-refractivity contribution is 8.00. The molecule has 0 saturated heterocycles. The van der Waals surface area contributed by atoms with Crippen molar-refractivity contribution in [1.82, 2.24) is 0 Å². The fraction of sp³-hybridized carbons (Fsp3) is 0. The van der Waals surface area contributed by atoms with Crippen LogP contribution in [0.4, 0.5) is 5.69 Å². The Morgan fingerprint density at radius 2 is 1.46 bits per heavy atom. The van der Waals surface area contributed by atoms with Crippen molar-refractivity contribution in [3.8, 4) is 0 Å². The minimum atomic E-state index is -0.0291. The van der Waals surface area contributed by atoms with Crippen molar-refractivity contribution < 1.29 is 4.79 Å². The van der Waals surface area contributed by atoms with Gasteiger partial charge >= 0.3 is 0 Å². The zero-order valence-electron chi connectivity index (χ0n) is 14.7. The second-order valence-electron chi connectivity index (χ2n) is 6.21. The lowest BCUT2D eigenvalue weighted by Crippen LogP contribution is -2.05. The number of fused-ring (bicyclic) bond motifs is 1. The molecule has 0 spiro atoms. The zero-order valence-corrected chi connectivity index (χ0v) is 17.0.